The zero-order valence-corrected chi connectivity index (χ0v) is 10.4. The van der Waals surface area contributed by atoms with Crippen LogP contribution in [0.4, 0.5) is 0 Å². The van der Waals surface area contributed by atoms with E-state index in [1.54, 1.807) is 0 Å². The molecule has 2 atom stereocenters. The van der Waals surface area contributed by atoms with Gasteiger partial charge < -0.3 is 10.2 Å². The lowest BCUT2D eigenvalue weighted by atomic mass is 9.90. The van der Waals surface area contributed by atoms with Gasteiger partial charge >= 0.3 is 0 Å². The van der Waals surface area contributed by atoms with Crippen LogP contribution in [0.5, 0.6) is 0 Å². The molecule has 0 aliphatic carbocycles. The first-order chi connectivity index (χ1) is 7.06. The lowest BCUT2D eigenvalue weighted by Gasteiger charge is -2.24. The Hall–Kier alpha value is -0.410. The third-order valence-corrected chi connectivity index (χ3v) is 3.20. The highest BCUT2D eigenvalue weighted by Gasteiger charge is 2.32. The maximum Gasteiger partial charge on any atom is 0.152 e. The van der Waals surface area contributed by atoms with Gasteiger partial charge in [-0.2, -0.15) is 0 Å². The van der Waals surface area contributed by atoms with Crippen LogP contribution in [0, 0.1) is 11.8 Å². The number of hydrogen-bond donors (Lipinski definition) is 1. The van der Waals surface area contributed by atoms with Crippen molar-refractivity contribution in [2.24, 2.45) is 11.8 Å². The van der Waals surface area contributed by atoms with Gasteiger partial charge in [0.25, 0.3) is 0 Å². The van der Waals surface area contributed by atoms with E-state index in [1.165, 1.54) is 0 Å². The molecule has 0 spiro atoms. The minimum atomic E-state index is 0.0694. The quantitative estimate of drug-likeness (QED) is 0.742. The summed E-state index contributed by atoms with van der Waals surface area (Å²) in [6, 6.07) is 0.0694. The average Bonchev–Trinajstić information content (AvgIpc) is 2.60. The Kier molecular flexibility index (Phi) is 4.74. The monoisotopic (exact) mass is 212 g/mol. The van der Waals surface area contributed by atoms with E-state index in [0.29, 0.717) is 11.7 Å². The molecule has 0 bridgehead atoms. The number of nitrogens with zero attached hydrogens (tertiary/aromatic N) is 1. The molecule has 1 rings (SSSR count). The third kappa shape index (κ3) is 3.28. The maximum atomic E-state index is 12.0. The van der Waals surface area contributed by atoms with Gasteiger partial charge in [0.15, 0.2) is 5.78 Å². The van der Waals surface area contributed by atoms with Gasteiger partial charge in [-0.3, -0.25) is 4.79 Å². The molecule has 0 saturated carbocycles. The summed E-state index contributed by atoms with van der Waals surface area (Å²) in [5.41, 5.74) is 0. The van der Waals surface area contributed by atoms with Gasteiger partial charge in [-0.15, -0.1) is 0 Å². The SMILES string of the molecule is CCNC(C(=O)C(C)C)C1CCN(C)C1. The highest BCUT2D eigenvalue weighted by Crippen LogP contribution is 2.20. The number of rotatable bonds is 5. The second kappa shape index (κ2) is 5.61. The van der Waals surface area contributed by atoms with Crippen LogP contribution in [-0.4, -0.2) is 43.4 Å². The molecule has 3 heteroatoms. The van der Waals surface area contributed by atoms with Gasteiger partial charge in [0.05, 0.1) is 6.04 Å². The summed E-state index contributed by atoms with van der Waals surface area (Å²) in [6.45, 7) is 9.10. The highest BCUT2D eigenvalue weighted by molar-refractivity contribution is 5.86. The maximum absolute atomic E-state index is 12.0. The van der Waals surface area contributed by atoms with Crippen LogP contribution in [0.2, 0.25) is 0 Å². The molecule has 1 N–H and O–H groups in total. The summed E-state index contributed by atoms with van der Waals surface area (Å²) in [4.78, 5) is 14.4. The number of carbonyl (C=O) groups excluding carboxylic acids is 1. The van der Waals surface area contributed by atoms with Crippen LogP contribution < -0.4 is 5.32 Å². The van der Waals surface area contributed by atoms with Crippen LogP contribution in [0.1, 0.15) is 27.2 Å². The molecular weight excluding hydrogens is 188 g/mol. The fourth-order valence-electron chi connectivity index (χ4n) is 2.32. The molecule has 88 valence electrons. The lowest BCUT2D eigenvalue weighted by molar-refractivity contribution is -0.125. The number of ketones is 1. The zero-order valence-electron chi connectivity index (χ0n) is 10.4. The molecule has 0 radical (unpaired) electrons. The summed E-state index contributed by atoms with van der Waals surface area (Å²) in [6.07, 6.45) is 1.15. The molecule has 1 fully saturated rings. The molecule has 0 amide bonds. The first kappa shape index (κ1) is 12.7. The smallest absolute Gasteiger partial charge is 0.152 e. The molecule has 1 aliphatic rings. The van der Waals surface area contributed by atoms with Crippen LogP contribution in [0.15, 0.2) is 0 Å². The third-order valence-electron chi connectivity index (χ3n) is 3.20. The summed E-state index contributed by atoms with van der Waals surface area (Å²) in [5.74, 6) is 1.02. The van der Waals surface area contributed by atoms with Crippen molar-refractivity contribution in [2.75, 3.05) is 26.7 Å². The normalized spacial score (nSPS) is 24.7. The standard InChI is InChI=1S/C12H24N2O/c1-5-13-11(12(15)9(2)3)10-6-7-14(4)8-10/h9-11,13H,5-8H2,1-4H3. The molecule has 0 aromatic rings. The second-order valence-electron chi connectivity index (χ2n) is 4.90. The minimum Gasteiger partial charge on any atom is -0.307 e. The molecule has 1 heterocycles. The molecule has 1 saturated heterocycles. The van der Waals surface area contributed by atoms with E-state index in [2.05, 4.69) is 24.2 Å². The van der Waals surface area contributed by atoms with Gasteiger partial charge in [-0.1, -0.05) is 20.8 Å². The van der Waals surface area contributed by atoms with E-state index >= 15 is 0 Å². The summed E-state index contributed by atoms with van der Waals surface area (Å²) >= 11 is 0. The first-order valence-electron chi connectivity index (χ1n) is 6.02. The molecular formula is C12H24N2O. The van der Waals surface area contributed by atoms with Crippen LogP contribution in [0.25, 0.3) is 0 Å². The highest BCUT2D eigenvalue weighted by atomic mass is 16.1. The topological polar surface area (TPSA) is 32.3 Å². The molecule has 2 unspecified atom stereocenters. The predicted octanol–water partition coefficient (Wildman–Crippen LogP) is 1.14. The Morgan fingerprint density at radius 1 is 1.53 bits per heavy atom. The molecule has 0 aromatic carbocycles. The van der Waals surface area contributed by atoms with E-state index in [9.17, 15) is 4.79 Å². The zero-order chi connectivity index (χ0) is 11.4. The van der Waals surface area contributed by atoms with Crippen molar-refractivity contribution in [3.05, 3.63) is 0 Å². The lowest BCUT2D eigenvalue weighted by Crippen LogP contribution is -2.45. The predicted molar refractivity (Wildman–Crippen MR) is 62.9 cm³/mol. The molecule has 1 aliphatic heterocycles. The van der Waals surface area contributed by atoms with Crippen molar-refractivity contribution >= 4 is 5.78 Å². The summed E-state index contributed by atoms with van der Waals surface area (Å²) in [5, 5.41) is 3.35. The summed E-state index contributed by atoms with van der Waals surface area (Å²) in [7, 11) is 2.13. The van der Waals surface area contributed by atoms with Gasteiger partial charge in [0.2, 0.25) is 0 Å². The van der Waals surface area contributed by atoms with Crippen LogP contribution in [0.3, 0.4) is 0 Å². The second-order valence-corrected chi connectivity index (χ2v) is 4.90. The van der Waals surface area contributed by atoms with E-state index in [0.717, 1.165) is 26.1 Å². The van der Waals surface area contributed by atoms with Crippen molar-refractivity contribution < 1.29 is 4.79 Å². The number of Topliss-reactive ketones (excluding diaryl/α,β-unsaturated/α-hetero) is 1. The largest absolute Gasteiger partial charge is 0.307 e. The van der Waals surface area contributed by atoms with Gasteiger partial charge in [0.1, 0.15) is 0 Å². The minimum absolute atomic E-state index is 0.0694. The Morgan fingerprint density at radius 2 is 2.20 bits per heavy atom. The number of carbonyl (C=O) groups is 1. The molecule has 15 heavy (non-hydrogen) atoms. The van der Waals surface area contributed by atoms with E-state index in [-0.39, 0.29) is 12.0 Å². The first-order valence-corrected chi connectivity index (χ1v) is 6.02. The van der Waals surface area contributed by atoms with Crippen molar-refractivity contribution in [2.45, 2.75) is 33.2 Å². The van der Waals surface area contributed by atoms with Crippen LogP contribution in [-0.2, 0) is 4.79 Å². The van der Waals surface area contributed by atoms with Gasteiger partial charge in [-0.25, -0.2) is 0 Å². The Labute approximate surface area is 93.2 Å². The van der Waals surface area contributed by atoms with Crippen molar-refractivity contribution in [1.82, 2.24) is 10.2 Å². The molecule has 3 nitrogen and oxygen atoms in total. The van der Waals surface area contributed by atoms with Crippen molar-refractivity contribution in [3.63, 3.8) is 0 Å². The number of likely N-dealkylation sites (N-methyl/N-ethyl adjacent to an activating group) is 1. The van der Waals surface area contributed by atoms with E-state index < -0.39 is 0 Å². The Morgan fingerprint density at radius 3 is 2.60 bits per heavy atom. The van der Waals surface area contributed by atoms with Crippen LogP contribution >= 0.6 is 0 Å². The fourth-order valence-corrected chi connectivity index (χ4v) is 2.32. The van der Waals surface area contributed by atoms with E-state index in [4.69, 9.17) is 0 Å². The van der Waals surface area contributed by atoms with E-state index in [1.807, 2.05) is 13.8 Å². The molecule has 0 aromatic heterocycles. The van der Waals surface area contributed by atoms with Crippen molar-refractivity contribution in [1.29, 1.82) is 0 Å². The fraction of sp³-hybridized carbons (Fsp3) is 0.917. The Balaban J connectivity index is 2.61. The van der Waals surface area contributed by atoms with Gasteiger partial charge in [-0.05, 0) is 32.5 Å². The number of nitrogens with one attached hydrogen (secondary N) is 1. The number of hydrogen-bond acceptors (Lipinski definition) is 3. The Bertz CT molecular complexity index is 216. The van der Waals surface area contributed by atoms with Crippen molar-refractivity contribution in [3.8, 4) is 0 Å². The number of likely N-dealkylation sites (tertiary alicyclic amines) is 1. The summed E-state index contributed by atoms with van der Waals surface area (Å²) < 4.78 is 0. The van der Waals surface area contributed by atoms with Gasteiger partial charge in [0, 0.05) is 12.5 Å². The average molecular weight is 212 g/mol.